The van der Waals surface area contributed by atoms with Crippen LogP contribution in [-0.2, 0) is 11.3 Å². The summed E-state index contributed by atoms with van der Waals surface area (Å²) < 4.78 is 12.9. The highest BCUT2D eigenvalue weighted by Crippen LogP contribution is 2.28. The molecular formula is C20H30N4O3. The van der Waals surface area contributed by atoms with E-state index in [1.165, 1.54) is 0 Å². The van der Waals surface area contributed by atoms with Crippen molar-refractivity contribution in [1.82, 2.24) is 20.0 Å². The van der Waals surface area contributed by atoms with E-state index in [1.807, 2.05) is 22.9 Å². The summed E-state index contributed by atoms with van der Waals surface area (Å²) >= 11 is 0. The van der Waals surface area contributed by atoms with Crippen molar-refractivity contribution < 1.29 is 14.3 Å². The molecule has 2 heterocycles. The summed E-state index contributed by atoms with van der Waals surface area (Å²) in [7, 11) is 1.65. The second-order valence-electron chi connectivity index (χ2n) is 7.11. The predicted molar refractivity (Wildman–Crippen MR) is 105 cm³/mol. The van der Waals surface area contributed by atoms with Crippen LogP contribution in [0.15, 0.2) is 18.2 Å². The average Bonchev–Trinajstić information content (AvgIpc) is 3.10. The van der Waals surface area contributed by atoms with E-state index in [4.69, 9.17) is 9.47 Å². The highest BCUT2D eigenvalue weighted by atomic mass is 16.5. The van der Waals surface area contributed by atoms with E-state index in [0.717, 1.165) is 55.9 Å². The standard InChI is InChI=1S/C20H30N4O3/c1-4-15(2)14-21-20(25)18-16-6-5-7-17(26-3)19(16)24(22-18)9-8-23-10-12-27-13-11-23/h5-7,15H,4,8-14H2,1-3H3,(H,21,25). The molecule has 0 saturated carbocycles. The fourth-order valence-corrected chi connectivity index (χ4v) is 3.25. The third-order valence-corrected chi connectivity index (χ3v) is 5.21. The third kappa shape index (κ3) is 4.59. The molecule has 1 aromatic carbocycles. The van der Waals surface area contributed by atoms with Gasteiger partial charge in [-0.1, -0.05) is 32.4 Å². The number of para-hydroxylation sites is 1. The number of fused-ring (bicyclic) bond motifs is 1. The molecule has 2 aromatic rings. The molecule has 3 rings (SSSR count). The number of carbonyl (C=O) groups is 1. The summed E-state index contributed by atoms with van der Waals surface area (Å²) in [6.07, 6.45) is 1.03. The lowest BCUT2D eigenvalue weighted by Gasteiger charge is -2.26. The van der Waals surface area contributed by atoms with E-state index >= 15 is 0 Å². The number of benzene rings is 1. The number of hydrogen-bond acceptors (Lipinski definition) is 5. The highest BCUT2D eigenvalue weighted by molar-refractivity contribution is 6.06. The molecule has 0 aliphatic carbocycles. The van der Waals surface area contributed by atoms with Gasteiger partial charge in [0, 0.05) is 31.6 Å². The van der Waals surface area contributed by atoms with Gasteiger partial charge in [-0.2, -0.15) is 5.10 Å². The number of nitrogens with one attached hydrogen (secondary N) is 1. The van der Waals surface area contributed by atoms with Crippen molar-refractivity contribution in [3.63, 3.8) is 0 Å². The summed E-state index contributed by atoms with van der Waals surface area (Å²) in [5.74, 6) is 1.06. The molecule has 0 spiro atoms. The largest absolute Gasteiger partial charge is 0.494 e. The summed E-state index contributed by atoms with van der Waals surface area (Å²) in [6.45, 7) is 9.87. The van der Waals surface area contributed by atoms with Gasteiger partial charge in [-0.3, -0.25) is 14.4 Å². The quantitative estimate of drug-likeness (QED) is 0.767. The summed E-state index contributed by atoms with van der Waals surface area (Å²) in [4.78, 5) is 15.1. The van der Waals surface area contributed by atoms with E-state index in [2.05, 4.69) is 29.2 Å². The molecule has 1 unspecified atom stereocenters. The van der Waals surface area contributed by atoms with E-state index in [0.29, 0.717) is 24.7 Å². The summed E-state index contributed by atoms with van der Waals surface area (Å²) in [6, 6.07) is 5.75. The number of hydrogen-bond donors (Lipinski definition) is 1. The van der Waals surface area contributed by atoms with E-state index in [-0.39, 0.29) is 5.91 Å². The van der Waals surface area contributed by atoms with Gasteiger partial charge in [0.25, 0.3) is 5.91 Å². The fourth-order valence-electron chi connectivity index (χ4n) is 3.25. The minimum atomic E-state index is -0.126. The van der Waals surface area contributed by atoms with Gasteiger partial charge in [-0.05, 0) is 12.0 Å². The van der Waals surface area contributed by atoms with Crippen molar-refractivity contribution in [2.75, 3.05) is 46.5 Å². The van der Waals surface area contributed by atoms with Crippen molar-refractivity contribution in [2.24, 2.45) is 5.92 Å². The number of amides is 1. The Morgan fingerprint density at radius 3 is 2.81 bits per heavy atom. The number of nitrogens with zero attached hydrogens (tertiary/aromatic N) is 3. The van der Waals surface area contributed by atoms with Gasteiger partial charge in [0.15, 0.2) is 5.69 Å². The van der Waals surface area contributed by atoms with E-state index in [1.54, 1.807) is 7.11 Å². The fraction of sp³-hybridized carbons (Fsp3) is 0.600. The summed E-state index contributed by atoms with van der Waals surface area (Å²) in [5.41, 5.74) is 1.34. The first-order valence-electron chi connectivity index (χ1n) is 9.75. The zero-order valence-electron chi connectivity index (χ0n) is 16.5. The Bertz CT molecular complexity index is 768. The predicted octanol–water partition coefficient (Wildman–Crippen LogP) is 2.15. The van der Waals surface area contributed by atoms with Crippen LogP contribution in [0.2, 0.25) is 0 Å². The molecule has 1 fully saturated rings. The van der Waals surface area contributed by atoms with Gasteiger partial charge in [-0.25, -0.2) is 0 Å². The maximum Gasteiger partial charge on any atom is 0.272 e. The number of carbonyl (C=O) groups excluding carboxylic acids is 1. The number of ether oxygens (including phenoxy) is 2. The minimum absolute atomic E-state index is 0.126. The van der Waals surface area contributed by atoms with Crippen LogP contribution in [0.5, 0.6) is 5.75 Å². The Morgan fingerprint density at radius 1 is 1.33 bits per heavy atom. The van der Waals surface area contributed by atoms with E-state index in [9.17, 15) is 4.79 Å². The topological polar surface area (TPSA) is 68.6 Å². The van der Waals surface area contributed by atoms with Gasteiger partial charge < -0.3 is 14.8 Å². The first-order chi connectivity index (χ1) is 13.1. The molecule has 148 valence electrons. The maximum absolute atomic E-state index is 12.7. The monoisotopic (exact) mass is 374 g/mol. The SMILES string of the molecule is CCC(C)CNC(=O)c1nn(CCN2CCOCC2)c2c(OC)cccc12. The van der Waals surface area contributed by atoms with Crippen LogP contribution < -0.4 is 10.1 Å². The van der Waals surface area contributed by atoms with Gasteiger partial charge in [-0.15, -0.1) is 0 Å². The zero-order chi connectivity index (χ0) is 19.2. The molecule has 7 heteroatoms. The van der Waals surface area contributed by atoms with Gasteiger partial charge >= 0.3 is 0 Å². The number of aromatic nitrogens is 2. The van der Waals surface area contributed by atoms with Crippen LogP contribution in [0, 0.1) is 5.92 Å². The molecule has 1 aromatic heterocycles. The normalized spacial score (nSPS) is 16.4. The van der Waals surface area contributed by atoms with Crippen LogP contribution in [0.1, 0.15) is 30.8 Å². The van der Waals surface area contributed by atoms with Gasteiger partial charge in [0.05, 0.1) is 26.9 Å². The first kappa shape index (κ1) is 19.6. The van der Waals surface area contributed by atoms with Gasteiger partial charge in [0.1, 0.15) is 11.3 Å². The smallest absolute Gasteiger partial charge is 0.272 e. The average molecular weight is 374 g/mol. The summed E-state index contributed by atoms with van der Waals surface area (Å²) in [5, 5.41) is 8.50. The van der Waals surface area contributed by atoms with Crippen LogP contribution in [0.4, 0.5) is 0 Å². The molecular weight excluding hydrogens is 344 g/mol. The van der Waals surface area contributed by atoms with Crippen LogP contribution in [-0.4, -0.2) is 67.1 Å². The molecule has 1 atom stereocenters. The highest BCUT2D eigenvalue weighted by Gasteiger charge is 2.21. The Balaban J connectivity index is 1.84. The van der Waals surface area contributed by atoms with Crippen LogP contribution in [0.3, 0.4) is 0 Å². The lowest BCUT2D eigenvalue weighted by molar-refractivity contribution is 0.0361. The molecule has 27 heavy (non-hydrogen) atoms. The Labute approximate surface area is 160 Å². The molecule has 0 radical (unpaired) electrons. The lowest BCUT2D eigenvalue weighted by Crippen LogP contribution is -2.38. The van der Waals surface area contributed by atoms with Crippen molar-refractivity contribution in [1.29, 1.82) is 0 Å². The van der Waals surface area contributed by atoms with E-state index < -0.39 is 0 Å². The maximum atomic E-state index is 12.7. The molecule has 1 amide bonds. The molecule has 1 N–H and O–H groups in total. The minimum Gasteiger partial charge on any atom is -0.494 e. The van der Waals surface area contributed by atoms with Crippen molar-refractivity contribution >= 4 is 16.8 Å². The van der Waals surface area contributed by atoms with Crippen molar-refractivity contribution in [2.45, 2.75) is 26.8 Å². The molecule has 1 aliphatic heterocycles. The van der Waals surface area contributed by atoms with Gasteiger partial charge in [0.2, 0.25) is 0 Å². The Kier molecular flexibility index (Phi) is 6.68. The Hall–Kier alpha value is -2.12. The number of methoxy groups -OCH3 is 1. The van der Waals surface area contributed by atoms with Crippen molar-refractivity contribution in [3.8, 4) is 5.75 Å². The second-order valence-corrected chi connectivity index (χ2v) is 7.11. The zero-order valence-corrected chi connectivity index (χ0v) is 16.5. The lowest BCUT2D eigenvalue weighted by atomic mass is 10.1. The Morgan fingerprint density at radius 2 is 2.11 bits per heavy atom. The van der Waals surface area contributed by atoms with Crippen LogP contribution in [0.25, 0.3) is 10.9 Å². The first-order valence-corrected chi connectivity index (χ1v) is 9.75. The molecule has 7 nitrogen and oxygen atoms in total. The second kappa shape index (κ2) is 9.19. The molecule has 1 aliphatic rings. The van der Waals surface area contributed by atoms with Crippen LogP contribution >= 0.6 is 0 Å². The third-order valence-electron chi connectivity index (χ3n) is 5.21. The van der Waals surface area contributed by atoms with Crippen molar-refractivity contribution in [3.05, 3.63) is 23.9 Å². The molecule has 0 bridgehead atoms. The number of morpholine rings is 1. The molecule has 1 saturated heterocycles. The number of rotatable bonds is 8.